The van der Waals surface area contributed by atoms with Crippen molar-refractivity contribution in [2.24, 2.45) is 0 Å². The molecule has 0 saturated carbocycles. The van der Waals surface area contributed by atoms with Crippen LogP contribution in [0.5, 0.6) is 0 Å². The second-order valence-electron chi connectivity index (χ2n) is 5.31. The van der Waals surface area contributed by atoms with E-state index in [1.165, 1.54) is 0 Å². The summed E-state index contributed by atoms with van der Waals surface area (Å²) in [5, 5.41) is 0.306. The van der Waals surface area contributed by atoms with Gasteiger partial charge in [0, 0.05) is 5.56 Å². The number of aromatic nitrogens is 1. The van der Waals surface area contributed by atoms with E-state index in [4.69, 9.17) is 4.42 Å². The lowest BCUT2D eigenvalue weighted by molar-refractivity contribution is -0.137. The number of benzene rings is 2. The van der Waals surface area contributed by atoms with E-state index in [0.717, 1.165) is 36.0 Å². The Bertz CT molecular complexity index is 938. The third-order valence-electron chi connectivity index (χ3n) is 3.39. The van der Waals surface area contributed by atoms with Gasteiger partial charge in [0.05, 0.1) is 11.3 Å². The summed E-state index contributed by atoms with van der Waals surface area (Å²) in [5.74, 6) is -1.33. The molecule has 0 atom stereocenters. The standard InChI is InChI=1S/C17H12F3N3O3S/c18-17(19,20)11-7-5-10(6-8-11)15(25)23-22-14(24)9-27-16-21-12-3-1-2-4-13(12)26-16/h1-8H,9H2,(H,22,24)(H,23,25). The molecule has 2 N–H and O–H groups in total. The van der Waals surface area contributed by atoms with E-state index in [2.05, 4.69) is 15.8 Å². The van der Waals surface area contributed by atoms with Crippen molar-refractivity contribution in [3.8, 4) is 0 Å². The number of alkyl halides is 3. The summed E-state index contributed by atoms with van der Waals surface area (Å²) >= 11 is 1.04. The molecule has 2 amide bonds. The molecule has 0 saturated heterocycles. The van der Waals surface area contributed by atoms with Crippen LogP contribution >= 0.6 is 11.8 Å². The third-order valence-corrected chi connectivity index (χ3v) is 4.22. The number of nitrogens with one attached hydrogen (secondary N) is 2. The van der Waals surface area contributed by atoms with Crippen molar-refractivity contribution in [2.75, 3.05) is 5.75 Å². The largest absolute Gasteiger partial charge is 0.431 e. The SMILES string of the molecule is O=C(CSc1nc2ccccc2o1)NNC(=O)c1ccc(C(F)(F)F)cc1. The molecule has 0 aliphatic heterocycles. The number of amides is 2. The van der Waals surface area contributed by atoms with E-state index in [9.17, 15) is 22.8 Å². The predicted octanol–water partition coefficient (Wildman–Crippen LogP) is 3.40. The van der Waals surface area contributed by atoms with E-state index in [1.54, 1.807) is 18.2 Å². The maximum Gasteiger partial charge on any atom is 0.416 e. The zero-order chi connectivity index (χ0) is 19.4. The van der Waals surface area contributed by atoms with Gasteiger partial charge in [-0.15, -0.1) is 0 Å². The molecule has 0 aliphatic carbocycles. The molecule has 0 bridgehead atoms. The van der Waals surface area contributed by atoms with Gasteiger partial charge in [-0.3, -0.25) is 20.4 Å². The molecule has 1 heterocycles. The van der Waals surface area contributed by atoms with E-state index < -0.39 is 23.6 Å². The molecule has 0 aliphatic rings. The summed E-state index contributed by atoms with van der Waals surface area (Å²) in [4.78, 5) is 27.8. The quantitative estimate of drug-likeness (QED) is 0.523. The highest BCUT2D eigenvalue weighted by Gasteiger charge is 2.30. The Balaban J connectivity index is 1.49. The smallest absolute Gasteiger partial charge is 0.416 e. The van der Waals surface area contributed by atoms with Crippen LogP contribution in [-0.2, 0) is 11.0 Å². The Morgan fingerprint density at radius 2 is 1.74 bits per heavy atom. The number of hydrazine groups is 1. The second-order valence-corrected chi connectivity index (χ2v) is 6.24. The number of thioether (sulfide) groups is 1. The van der Waals surface area contributed by atoms with Crippen LogP contribution in [0.2, 0.25) is 0 Å². The fourth-order valence-electron chi connectivity index (χ4n) is 2.09. The van der Waals surface area contributed by atoms with Gasteiger partial charge in [-0.05, 0) is 36.4 Å². The van der Waals surface area contributed by atoms with E-state index >= 15 is 0 Å². The first-order chi connectivity index (χ1) is 12.8. The number of carbonyl (C=O) groups is 2. The van der Waals surface area contributed by atoms with Crippen molar-refractivity contribution < 1.29 is 27.2 Å². The van der Waals surface area contributed by atoms with Crippen LogP contribution in [0.15, 0.2) is 58.2 Å². The average molecular weight is 395 g/mol. The monoisotopic (exact) mass is 395 g/mol. The normalized spacial score (nSPS) is 11.4. The highest BCUT2D eigenvalue weighted by atomic mass is 32.2. The van der Waals surface area contributed by atoms with Gasteiger partial charge in [0.15, 0.2) is 5.58 Å². The first-order valence-electron chi connectivity index (χ1n) is 7.58. The minimum atomic E-state index is -4.48. The van der Waals surface area contributed by atoms with Crippen LogP contribution in [0.3, 0.4) is 0 Å². The number of oxazole rings is 1. The van der Waals surface area contributed by atoms with Crippen LogP contribution in [0, 0.1) is 0 Å². The van der Waals surface area contributed by atoms with E-state index in [0.29, 0.717) is 16.3 Å². The first-order valence-corrected chi connectivity index (χ1v) is 8.56. The molecule has 0 unspecified atom stereocenters. The molecule has 2 aromatic carbocycles. The predicted molar refractivity (Wildman–Crippen MR) is 91.8 cm³/mol. The molecule has 6 nitrogen and oxygen atoms in total. The molecule has 1 aromatic heterocycles. The molecule has 3 rings (SSSR count). The zero-order valence-electron chi connectivity index (χ0n) is 13.5. The third kappa shape index (κ3) is 4.79. The summed E-state index contributed by atoms with van der Waals surface area (Å²) in [6.07, 6.45) is -4.48. The van der Waals surface area contributed by atoms with Crippen molar-refractivity contribution in [3.63, 3.8) is 0 Å². The zero-order valence-corrected chi connectivity index (χ0v) is 14.4. The molecule has 10 heteroatoms. The molecule has 3 aromatic rings. The number of nitrogens with zero attached hydrogens (tertiary/aromatic N) is 1. The fraction of sp³-hybridized carbons (Fsp3) is 0.118. The number of rotatable bonds is 4. The van der Waals surface area contributed by atoms with Crippen LogP contribution in [0.1, 0.15) is 15.9 Å². The van der Waals surface area contributed by atoms with Crippen molar-refractivity contribution in [3.05, 3.63) is 59.7 Å². The van der Waals surface area contributed by atoms with Crippen molar-refractivity contribution in [2.45, 2.75) is 11.4 Å². The van der Waals surface area contributed by atoms with Crippen LogP contribution < -0.4 is 10.9 Å². The Labute approximate surface area is 155 Å². The number of fused-ring (bicyclic) bond motifs is 1. The lowest BCUT2D eigenvalue weighted by Gasteiger charge is -2.09. The Morgan fingerprint density at radius 3 is 2.41 bits per heavy atom. The second kappa shape index (κ2) is 7.70. The van der Waals surface area contributed by atoms with Crippen molar-refractivity contribution >= 4 is 34.7 Å². The van der Waals surface area contributed by atoms with Gasteiger partial charge in [-0.1, -0.05) is 23.9 Å². The minimum Gasteiger partial charge on any atom is -0.431 e. The van der Waals surface area contributed by atoms with Gasteiger partial charge in [0.25, 0.3) is 11.1 Å². The first kappa shape index (κ1) is 18.8. The van der Waals surface area contributed by atoms with Crippen LogP contribution in [0.25, 0.3) is 11.1 Å². The van der Waals surface area contributed by atoms with Gasteiger partial charge < -0.3 is 4.42 Å². The molecule has 0 spiro atoms. The molecule has 0 fully saturated rings. The average Bonchev–Trinajstić information content (AvgIpc) is 3.07. The van der Waals surface area contributed by atoms with Gasteiger partial charge in [-0.25, -0.2) is 4.98 Å². The Morgan fingerprint density at radius 1 is 1.04 bits per heavy atom. The Kier molecular flexibility index (Phi) is 5.36. The number of para-hydroxylation sites is 2. The maximum absolute atomic E-state index is 12.5. The summed E-state index contributed by atoms with van der Waals surface area (Å²) in [6.45, 7) is 0. The van der Waals surface area contributed by atoms with Crippen molar-refractivity contribution in [1.29, 1.82) is 0 Å². The molecular weight excluding hydrogens is 383 g/mol. The van der Waals surface area contributed by atoms with Crippen molar-refractivity contribution in [1.82, 2.24) is 15.8 Å². The molecule has 0 radical (unpaired) electrons. The summed E-state index contributed by atoms with van der Waals surface area (Å²) in [5.41, 5.74) is 4.69. The fourth-order valence-corrected chi connectivity index (χ4v) is 2.72. The topological polar surface area (TPSA) is 84.2 Å². The number of halogens is 3. The molecule has 27 heavy (non-hydrogen) atoms. The molecular formula is C17H12F3N3O3S. The highest BCUT2D eigenvalue weighted by molar-refractivity contribution is 7.99. The minimum absolute atomic E-state index is 0.0186. The highest BCUT2D eigenvalue weighted by Crippen LogP contribution is 2.29. The maximum atomic E-state index is 12.5. The number of hydrogen-bond donors (Lipinski definition) is 2. The number of hydrogen-bond acceptors (Lipinski definition) is 5. The lowest BCUT2D eigenvalue weighted by atomic mass is 10.1. The molecule has 140 valence electrons. The van der Waals surface area contributed by atoms with Gasteiger partial charge >= 0.3 is 6.18 Å². The summed E-state index contributed by atoms with van der Waals surface area (Å²) < 4.78 is 42.9. The number of carbonyl (C=O) groups excluding carboxylic acids is 2. The van der Waals surface area contributed by atoms with Gasteiger partial charge in [0.2, 0.25) is 5.91 Å². The van der Waals surface area contributed by atoms with Crippen LogP contribution in [0.4, 0.5) is 13.2 Å². The van der Waals surface area contributed by atoms with E-state index in [1.807, 2.05) is 6.07 Å². The summed E-state index contributed by atoms with van der Waals surface area (Å²) in [6, 6.07) is 10.8. The van der Waals surface area contributed by atoms with Gasteiger partial charge in [0.1, 0.15) is 5.52 Å². The van der Waals surface area contributed by atoms with Crippen LogP contribution in [-0.4, -0.2) is 22.6 Å². The van der Waals surface area contributed by atoms with Gasteiger partial charge in [-0.2, -0.15) is 13.2 Å². The Hall–Kier alpha value is -3.01. The summed E-state index contributed by atoms with van der Waals surface area (Å²) in [7, 11) is 0. The lowest BCUT2D eigenvalue weighted by Crippen LogP contribution is -2.42. The van der Waals surface area contributed by atoms with E-state index in [-0.39, 0.29) is 11.3 Å².